The van der Waals surface area contributed by atoms with Crippen LogP contribution in [0.1, 0.15) is 117 Å². The van der Waals surface area contributed by atoms with Gasteiger partial charge >= 0.3 is 11.9 Å². The van der Waals surface area contributed by atoms with Crippen LogP contribution in [0.2, 0.25) is 0 Å². The predicted octanol–water partition coefficient (Wildman–Crippen LogP) is 6.35. The maximum atomic E-state index is 11.7. The van der Waals surface area contributed by atoms with Crippen molar-refractivity contribution in [3.63, 3.8) is 0 Å². The molecule has 0 aromatic carbocycles. The molecule has 0 saturated carbocycles. The minimum absolute atomic E-state index is 0.0769. The second-order valence-corrected chi connectivity index (χ2v) is 7.24. The van der Waals surface area contributed by atoms with Gasteiger partial charge in [-0.1, -0.05) is 91.4 Å². The first-order valence-electron chi connectivity index (χ1n) is 11.0. The highest BCUT2D eigenvalue weighted by Crippen LogP contribution is 2.11. The maximum Gasteiger partial charge on any atom is 0.317 e. The largest absolute Gasteiger partial charge is 0.465 e. The molecule has 0 saturated heterocycles. The van der Waals surface area contributed by atoms with Gasteiger partial charge in [0.15, 0.2) is 0 Å². The normalized spacial score (nSPS) is 12.0. The zero-order chi connectivity index (χ0) is 19.5. The van der Waals surface area contributed by atoms with Crippen LogP contribution in [0.3, 0.4) is 0 Å². The van der Waals surface area contributed by atoms with E-state index in [4.69, 9.17) is 9.47 Å². The number of hydrogen-bond donors (Lipinski definition) is 0. The van der Waals surface area contributed by atoms with Crippen molar-refractivity contribution in [2.24, 2.45) is 0 Å². The van der Waals surface area contributed by atoms with Gasteiger partial charge in [0, 0.05) is 0 Å². The van der Waals surface area contributed by atoms with Gasteiger partial charge < -0.3 is 9.47 Å². The van der Waals surface area contributed by atoms with E-state index in [0.717, 1.165) is 32.1 Å². The smallest absolute Gasteiger partial charge is 0.317 e. The van der Waals surface area contributed by atoms with E-state index in [-0.39, 0.29) is 12.5 Å². The molecule has 154 valence electrons. The summed E-state index contributed by atoms with van der Waals surface area (Å²) in [6, 6.07) is 0. The van der Waals surface area contributed by atoms with Gasteiger partial charge in [-0.05, 0) is 19.3 Å². The Labute approximate surface area is 161 Å². The topological polar surface area (TPSA) is 52.6 Å². The number of carbonyl (C=O) groups excluding carboxylic acids is 2. The third kappa shape index (κ3) is 16.4. The Hall–Kier alpha value is -1.06. The first-order valence-corrected chi connectivity index (χ1v) is 11.0. The Morgan fingerprint density at radius 2 is 1.23 bits per heavy atom. The van der Waals surface area contributed by atoms with Crippen LogP contribution in [0, 0.1) is 0 Å². The molecule has 1 atom stereocenters. The highest BCUT2D eigenvalue weighted by molar-refractivity contribution is 5.91. The third-order valence-corrected chi connectivity index (χ3v) is 4.66. The number of carbonyl (C=O) groups is 2. The lowest BCUT2D eigenvalue weighted by atomic mass is 10.1. The van der Waals surface area contributed by atoms with Gasteiger partial charge in [-0.2, -0.15) is 0 Å². The molecule has 0 heterocycles. The van der Waals surface area contributed by atoms with Crippen LogP contribution in [0.15, 0.2) is 0 Å². The molecule has 0 fully saturated rings. The Balaban J connectivity index is 3.44. The Morgan fingerprint density at radius 1 is 0.692 bits per heavy atom. The van der Waals surface area contributed by atoms with Crippen molar-refractivity contribution in [2.75, 3.05) is 6.61 Å². The van der Waals surface area contributed by atoms with Gasteiger partial charge in [0.1, 0.15) is 12.5 Å². The second-order valence-electron chi connectivity index (χ2n) is 7.24. The first kappa shape index (κ1) is 24.9. The number of rotatable bonds is 18. The molecule has 0 aliphatic heterocycles. The SMILES string of the molecule is CCCCCCCCCCCCCOC(=O)CC(=O)OC(CC)CCC. The molecule has 0 radical (unpaired) electrons. The molecule has 0 spiro atoms. The molecule has 0 bridgehead atoms. The second kappa shape index (κ2) is 18.7. The number of esters is 2. The predicted molar refractivity (Wildman–Crippen MR) is 107 cm³/mol. The van der Waals surface area contributed by atoms with Crippen molar-refractivity contribution in [3.05, 3.63) is 0 Å². The molecule has 4 heteroatoms. The Morgan fingerprint density at radius 3 is 1.73 bits per heavy atom. The van der Waals surface area contributed by atoms with Crippen LogP contribution in [0.5, 0.6) is 0 Å². The highest BCUT2D eigenvalue weighted by Gasteiger charge is 2.16. The van der Waals surface area contributed by atoms with Gasteiger partial charge in [-0.15, -0.1) is 0 Å². The molecule has 1 unspecified atom stereocenters. The molecule has 0 aliphatic carbocycles. The van der Waals surface area contributed by atoms with E-state index < -0.39 is 11.9 Å². The molecule has 0 N–H and O–H groups in total. The minimum Gasteiger partial charge on any atom is -0.465 e. The van der Waals surface area contributed by atoms with Gasteiger partial charge in [-0.25, -0.2) is 0 Å². The fourth-order valence-corrected chi connectivity index (χ4v) is 3.02. The molecule has 0 rings (SSSR count). The fraction of sp³-hybridized carbons (Fsp3) is 0.909. The standard InChI is InChI=1S/C22H42O4/c1-4-7-8-9-10-11-12-13-14-15-16-18-25-21(23)19-22(24)26-20(6-3)17-5-2/h20H,4-19H2,1-3H3. The quantitative estimate of drug-likeness (QED) is 0.160. The van der Waals surface area contributed by atoms with Crippen molar-refractivity contribution >= 4 is 11.9 Å². The van der Waals surface area contributed by atoms with E-state index in [9.17, 15) is 9.59 Å². The van der Waals surface area contributed by atoms with Crippen LogP contribution >= 0.6 is 0 Å². The molecule has 0 aromatic rings. The molecule has 4 nitrogen and oxygen atoms in total. The average Bonchev–Trinajstić information content (AvgIpc) is 2.62. The van der Waals surface area contributed by atoms with E-state index >= 15 is 0 Å². The van der Waals surface area contributed by atoms with Crippen LogP contribution in [0.4, 0.5) is 0 Å². The summed E-state index contributed by atoms with van der Waals surface area (Å²) >= 11 is 0. The van der Waals surface area contributed by atoms with Gasteiger partial charge in [-0.3, -0.25) is 9.59 Å². The average molecular weight is 371 g/mol. The van der Waals surface area contributed by atoms with Crippen molar-refractivity contribution in [1.29, 1.82) is 0 Å². The fourth-order valence-electron chi connectivity index (χ4n) is 3.02. The first-order chi connectivity index (χ1) is 12.6. The lowest BCUT2D eigenvalue weighted by Gasteiger charge is -2.14. The van der Waals surface area contributed by atoms with E-state index in [2.05, 4.69) is 13.8 Å². The Bertz CT molecular complexity index is 341. The third-order valence-electron chi connectivity index (χ3n) is 4.66. The molecule has 26 heavy (non-hydrogen) atoms. The maximum absolute atomic E-state index is 11.7. The van der Waals surface area contributed by atoms with Gasteiger partial charge in [0.2, 0.25) is 0 Å². The summed E-state index contributed by atoms with van der Waals surface area (Å²) in [5.41, 5.74) is 0. The monoisotopic (exact) mass is 370 g/mol. The van der Waals surface area contributed by atoms with Crippen LogP contribution < -0.4 is 0 Å². The van der Waals surface area contributed by atoms with Gasteiger partial charge in [0.25, 0.3) is 0 Å². The number of ether oxygens (including phenoxy) is 2. The zero-order valence-electron chi connectivity index (χ0n) is 17.5. The van der Waals surface area contributed by atoms with Crippen molar-refractivity contribution in [1.82, 2.24) is 0 Å². The summed E-state index contributed by atoms with van der Waals surface area (Å²) in [5.74, 6) is -0.928. The summed E-state index contributed by atoms with van der Waals surface area (Å²) in [5, 5.41) is 0. The van der Waals surface area contributed by atoms with Crippen molar-refractivity contribution < 1.29 is 19.1 Å². The van der Waals surface area contributed by atoms with Crippen LogP contribution in [-0.2, 0) is 19.1 Å². The van der Waals surface area contributed by atoms with Crippen molar-refractivity contribution in [3.8, 4) is 0 Å². The van der Waals surface area contributed by atoms with Crippen LogP contribution in [-0.4, -0.2) is 24.6 Å². The molecular formula is C22H42O4. The van der Waals surface area contributed by atoms with E-state index in [1.54, 1.807) is 0 Å². The zero-order valence-corrected chi connectivity index (χ0v) is 17.5. The minimum atomic E-state index is -0.464. The Kier molecular flexibility index (Phi) is 18.0. The molecular weight excluding hydrogens is 328 g/mol. The van der Waals surface area contributed by atoms with Gasteiger partial charge in [0.05, 0.1) is 6.61 Å². The molecule has 0 aromatic heterocycles. The lowest BCUT2D eigenvalue weighted by Crippen LogP contribution is -2.20. The lowest BCUT2D eigenvalue weighted by molar-refractivity contribution is -0.158. The number of hydrogen-bond acceptors (Lipinski definition) is 4. The summed E-state index contributed by atoms with van der Waals surface area (Å²) < 4.78 is 10.4. The summed E-state index contributed by atoms with van der Waals surface area (Å²) in [4.78, 5) is 23.3. The molecule has 0 aliphatic rings. The van der Waals surface area contributed by atoms with Crippen molar-refractivity contribution in [2.45, 2.75) is 123 Å². The summed E-state index contributed by atoms with van der Waals surface area (Å²) in [6.45, 7) is 6.70. The summed E-state index contributed by atoms with van der Waals surface area (Å²) in [6.07, 6.45) is 16.1. The summed E-state index contributed by atoms with van der Waals surface area (Å²) in [7, 11) is 0. The van der Waals surface area contributed by atoms with E-state index in [1.165, 1.54) is 57.8 Å². The van der Waals surface area contributed by atoms with E-state index in [0.29, 0.717) is 6.61 Å². The number of unbranched alkanes of at least 4 members (excludes halogenated alkanes) is 10. The van der Waals surface area contributed by atoms with Crippen LogP contribution in [0.25, 0.3) is 0 Å². The highest BCUT2D eigenvalue weighted by atomic mass is 16.6. The van der Waals surface area contributed by atoms with E-state index in [1.807, 2.05) is 6.92 Å². The molecule has 0 amide bonds.